The van der Waals surface area contributed by atoms with Gasteiger partial charge in [-0.05, 0) is 57.5 Å². The van der Waals surface area contributed by atoms with Gasteiger partial charge in [0.05, 0.1) is 5.02 Å². The minimum atomic E-state index is -0.396. The van der Waals surface area contributed by atoms with Gasteiger partial charge < -0.3 is 10.2 Å². The van der Waals surface area contributed by atoms with Gasteiger partial charge in [-0.1, -0.05) is 17.7 Å². The van der Waals surface area contributed by atoms with Gasteiger partial charge in [0.1, 0.15) is 5.82 Å². The topological polar surface area (TPSA) is 35.6 Å². The predicted octanol–water partition coefficient (Wildman–Crippen LogP) is 3.52. The third kappa shape index (κ3) is 4.15. The number of benzene rings is 1. The number of likely N-dealkylation sites (tertiary alicyclic amines) is 1. The Kier molecular flexibility index (Phi) is 5.87. The second-order valence-electron chi connectivity index (χ2n) is 6.54. The number of halogens is 2. The van der Waals surface area contributed by atoms with E-state index < -0.39 is 5.82 Å². The van der Waals surface area contributed by atoms with E-state index in [4.69, 9.17) is 11.6 Å². The summed E-state index contributed by atoms with van der Waals surface area (Å²) in [7, 11) is 3.81. The first kappa shape index (κ1) is 18.0. The summed E-state index contributed by atoms with van der Waals surface area (Å²) >= 11 is 5.78. The molecule has 0 saturated carbocycles. The fourth-order valence-electron chi connectivity index (χ4n) is 3.04. The van der Waals surface area contributed by atoms with Crippen molar-refractivity contribution in [2.45, 2.75) is 32.4 Å². The summed E-state index contributed by atoms with van der Waals surface area (Å²) in [6, 6.07) is 5.14. The van der Waals surface area contributed by atoms with E-state index >= 15 is 0 Å². The molecule has 0 aliphatic carbocycles. The van der Waals surface area contributed by atoms with E-state index in [9.17, 15) is 9.18 Å². The SMILES string of the molecule is CC(C)N(C)C(=O)NC[C@H]1CCN(C)[C@H]1c1ccc(Cl)c(F)c1. The molecule has 1 aromatic carbocycles. The van der Waals surface area contributed by atoms with Crippen LogP contribution in [-0.2, 0) is 0 Å². The van der Waals surface area contributed by atoms with Gasteiger partial charge in [0.2, 0.25) is 0 Å². The van der Waals surface area contributed by atoms with Gasteiger partial charge in [-0.15, -0.1) is 0 Å². The highest BCUT2D eigenvalue weighted by Crippen LogP contribution is 2.36. The van der Waals surface area contributed by atoms with Gasteiger partial charge in [-0.25, -0.2) is 9.18 Å². The number of nitrogens with zero attached hydrogens (tertiary/aromatic N) is 2. The molecular formula is C17H25ClFN3O. The zero-order valence-electron chi connectivity index (χ0n) is 14.1. The van der Waals surface area contributed by atoms with Crippen molar-refractivity contribution in [3.63, 3.8) is 0 Å². The molecule has 2 rings (SSSR count). The lowest BCUT2D eigenvalue weighted by atomic mass is 9.93. The number of carbonyl (C=O) groups is 1. The maximum Gasteiger partial charge on any atom is 0.317 e. The average Bonchev–Trinajstić information content (AvgIpc) is 2.87. The van der Waals surface area contributed by atoms with E-state index in [-0.39, 0.29) is 29.1 Å². The maximum absolute atomic E-state index is 13.8. The van der Waals surface area contributed by atoms with Crippen molar-refractivity contribution in [2.24, 2.45) is 5.92 Å². The molecule has 1 aromatic rings. The summed E-state index contributed by atoms with van der Waals surface area (Å²) in [4.78, 5) is 16.0. The average molecular weight is 342 g/mol. The number of urea groups is 1. The van der Waals surface area contributed by atoms with Crippen LogP contribution in [0.3, 0.4) is 0 Å². The molecule has 2 amide bonds. The van der Waals surface area contributed by atoms with Crippen LogP contribution in [0.5, 0.6) is 0 Å². The van der Waals surface area contributed by atoms with E-state index in [2.05, 4.69) is 10.2 Å². The molecular weight excluding hydrogens is 317 g/mol. The van der Waals surface area contributed by atoms with Crippen molar-refractivity contribution < 1.29 is 9.18 Å². The number of nitrogens with one attached hydrogen (secondary N) is 1. The van der Waals surface area contributed by atoms with Crippen molar-refractivity contribution >= 4 is 17.6 Å². The summed E-state index contributed by atoms with van der Waals surface area (Å²) in [5, 5.41) is 3.13. The predicted molar refractivity (Wildman–Crippen MR) is 91.2 cm³/mol. The highest BCUT2D eigenvalue weighted by Gasteiger charge is 2.33. The summed E-state index contributed by atoms with van der Waals surface area (Å²) < 4.78 is 13.8. The molecule has 2 atom stereocenters. The summed E-state index contributed by atoms with van der Waals surface area (Å²) in [5.41, 5.74) is 0.906. The van der Waals surface area contributed by atoms with Crippen LogP contribution in [0.2, 0.25) is 5.02 Å². The lowest BCUT2D eigenvalue weighted by molar-refractivity contribution is 0.193. The van der Waals surface area contributed by atoms with Crippen LogP contribution in [-0.4, -0.2) is 49.1 Å². The highest BCUT2D eigenvalue weighted by atomic mass is 35.5. The van der Waals surface area contributed by atoms with Gasteiger partial charge >= 0.3 is 6.03 Å². The standard InChI is InChI=1S/C17H25ClFN3O/c1-11(2)22(4)17(23)20-10-13-7-8-21(3)16(13)12-5-6-14(18)15(19)9-12/h5-6,9,11,13,16H,7-8,10H2,1-4H3,(H,20,23)/t13-,16+/m1/s1. The summed E-state index contributed by atoms with van der Waals surface area (Å²) in [6.45, 7) is 5.45. The Bertz CT molecular complexity index is 567. The number of amides is 2. The fourth-order valence-corrected chi connectivity index (χ4v) is 3.16. The molecule has 1 N–H and O–H groups in total. The lowest BCUT2D eigenvalue weighted by Crippen LogP contribution is -2.43. The monoisotopic (exact) mass is 341 g/mol. The molecule has 1 fully saturated rings. The summed E-state index contributed by atoms with van der Waals surface area (Å²) in [5.74, 6) is -0.142. The van der Waals surface area contributed by atoms with E-state index in [0.29, 0.717) is 6.54 Å². The Hall–Kier alpha value is -1.33. The minimum absolute atomic E-state index is 0.0735. The molecule has 0 bridgehead atoms. The molecule has 0 unspecified atom stereocenters. The van der Waals surface area contributed by atoms with Crippen LogP contribution in [0, 0.1) is 11.7 Å². The molecule has 128 valence electrons. The van der Waals surface area contributed by atoms with E-state index in [0.717, 1.165) is 18.5 Å². The molecule has 6 heteroatoms. The van der Waals surface area contributed by atoms with Crippen LogP contribution in [0.1, 0.15) is 31.9 Å². The Morgan fingerprint density at radius 2 is 2.22 bits per heavy atom. The molecule has 23 heavy (non-hydrogen) atoms. The normalized spacial score (nSPS) is 21.7. The second-order valence-corrected chi connectivity index (χ2v) is 6.95. The molecule has 1 aliphatic rings. The Morgan fingerprint density at radius 3 is 2.83 bits per heavy atom. The Labute approximate surface area is 142 Å². The third-order valence-electron chi connectivity index (χ3n) is 4.67. The number of rotatable bonds is 4. The van der Waals surface area contributed by atoms with Gasteiger partial charge in [0, 0.05) is 25.7 Å². The van der Waals surface area contributed by atoms with Crippen LogP contribution >= 0.6 is 11.6 Å². The zero-order valence-corrected chi connectivity index (χ0v) is 14.9. The van der Waals surface area contributed by atoms with Crippen molar-refractivity contribution in [1.29, 1.82) is 0 Å². The second kappa shape index (κ2) is 7.49. The van der Waals surface area contributed by atoms with Gasteiger partial charge in [-0.3, -0.25) is 4.90 Å². The van der Waals surface area contributed by atoms with Crippen LogP contribution in [0.15, 0.2) is 18.2 Å². The van der Waals surface area contributed by atoms with Crippen LogP contribution < -0.4 is 5.32 Å². The van der Waals surface area contributed by atoms with E-state index in [1.54, 1.807) is 18.0 Å². The molecule has 1 saturated heterocycles. The molecule has 4 nitrogen and oxygen atoms in total. The minimum Gasteiger partial charge on any atom is -0.338 e. The van der Waals surface area contributed by atoms with E-state index in [1.165, 1.54) is 6.07 Å². The van der Waals surface area contributed by atoms with Crippen molar-refractivity contribution in [1.82, 2.24) is 15.1 Å². The van der Waals surface area contributed by atoms with Gasteiger partial charge in [-0.2, -0.15) is 0 Å². The first-order valence-corrected chi connectivity index (χ1v) is 8.35. The molecule has 1 heterocycles. The molecule has 0 spiro atoms. The molecule has 1 aliphatic heterocycles. The zero-order chi connectivity index (χ0) is 17.1. The lowest BCUT2D eigenvalue weighted by Gasteiger charge is -2.27. The van der Waals surface area contributed by atoms with Crippen LogP contribution in [0.25, 0.3) is 0 Å². The molecule has 0 radical (unpaired) electrons. The number of carbonyl (C=O) groups excluding carboxylic acids is 1. The van der Waals surface area contributed by atoms with Gasteiger partial charge in [0.25, 0.3) is 0 Å². The molecule has 0 aromatic heterocycles. The van der Waals surface area contributed by atoms with Crippen LogP contribution in [0.4, 0.5) is 9.18 Å². The Morgan fingerprint density at radius 1 is 1.52 bits per heavy atom. The number of hydrogen-bond donors (Lipinski definition) is 1. The summed E-state index contributed by atoms with van der Waals surface area (Å²) in [6.07, 6.45) is 0.969. The number of hydrogen-bond acceptors (Lipinski definition) is 2. The Balaban J connectivity index is 2.06. The largest absolute Gasteiger partial charge is 0.338 e. The van der Waals surface area contributed by atoms with Crippen molar-refractivity contribution in [2.75, 3.05) is 27.2 Å². The quantitative estimate of drug-likeness (QED) is 0.909. The first-order valence-electron chi connectivity index (χ1n) is 7.97. The smallest absolute Gasteiger partial charge is 0.317 e. The van der Waals surface area contributed by atoms with Crippen molar-refractivity contribution in [3.8, 4) is 0 Å². The van der Waals surface area contributed by atoms with Crippen molar-refractivity contribution in [3.05, 3.63) is 34.6 Å². The fraction of sp³-hybridized carbons (Fsp3) is 0.588. The maximum atomic E-state index is 13.8. The third-order valence-corrected chi connectivity index (χ3v) is 4.98. The highest BCUT2D eigenvalue weighted by molar-refractivity contribution is 6.30. The van der Waals surface area contributed by atoms with E-state index in [1.807, 2.05) is 27.0 Å². The first-order chi connectivity index (χ1) is 10.8. The van der Waals surface area contributed by atoms with Gasteiger partial charge in [0.15, 0.2) is 0 Å².